The van der Waals surface area contributed by atoms with E-state index < -0.39 is 12.1 Å². The maximum Gasteiger partial charge on any atom is 0.317 e. The third-order valence-corrected chi connectivity index (χ3v) is 2.60. The number of carboxylic acids is 1. The van der Waals surface area contributed by atoms with Crippen LogP contribution in [0.2, 0.25) is 0 Å². The molecule has 0 aliphatic heterocycles. The van der Waals surface area contributed by atoms with Crippen molar-refractivity contribution in [2.24, 2.45) is 5.92 Å². The zero-order chi connectivity index (χ0) is 14.8. The van der Waals surface area contributed by atoms with Gasteiger partial charge in [0.25, 0.3) is 0 Å². The molecule has 0 aliphatic rings. The number of aliphatic carboxylic acids is 1. The molecule has 2 atom stereocenters. The Labute approximate surface area is 113 Å². The Balaban J connectivity index is 4.26. The summed E-state index contributed by atoms with van der Waals surface area (Å²) < 4.78 is 4.96. The van der Waals surface area contributed by atoms with Gasteiger partial charge in [0.15, 0.2) is 0 Å². The minimum atomic E-state index is -0.980. The Morgan fingerprint density at radius 2 is 2.16 bits per heavy atom. The number of methoxy groups -OCH3 is 1. The summed E-state index contributed by atoms with van der Waals surface area (Å²) in [6.07, 6.45) is -0.731. The predicted octanol–water partition coefficient (Wildman–Crippen LogP) is 0.667. The zero-order valence-corrected chi connectivity index (χ0v) is 11.5. The summed E-state index contributed by atoms with van der Waals surface area (Å²) in [5.74, 6) is -1.23. The quantitative estimate of drug-likeness (QED) is 0.675. The summed E-state index contributed by atoms with van der Waals surface area (Å²) in [5.41, 5.74) is 0. The van der Waals surface area contributed by atoms with Gasteiger partial charge in [-0.1, -0.05) is 0 Å². The molecule has 2 amide bonds. The molecule has 19 heavy (non-hydrogen) atoms. The number of ether oxygens (including phenoxy) is 1. The molecule has 0 heterocycles. The minimum Gasteiger partial charge on any atom is -0.481 e. The highest BCUT2D eigenvalue weighted by Gasteiger charge is 2.17. The minimum absolute atomic E-state index is 0.124. The van der Waals surface area contributed by atoms with E-state index in [1.54, 1.807) is 6.92 Å². The van der Waals surface area contributed by atoms with Gasteiger partial charge in [-0.2, -0.15) is 5.26 Å². The Hall–Kier alpha value is -1.81. The molecule has 7 nitrogen and oxygen atoms in total. The maximum absolute atomic E-state index is 11.8. The normalized spacial score (nSPS) is 13.2. The average Bonchev–Trinajstić information content (AvgIpc) is 2.39. The number of hydrogen-bond acceptors (Lipinski definition) is 4. The fourth-order valence-corrected chi connectivity index (χ4v) is 1.47. The van der Waals surface area contributed by atoms with Crippen molar-refractivity contribution in [1.82, 2.24) is 10.2 Å². The molecule has 0 aromatic carbocycles. The molecule has 0 rings (SSSR count). The third-order valence-electron chi connectivity index (χ3n) is 2.60. The monoisotopic (exact) mass is 271 g/mol. The Kier molecular flexibility index (Phi) is 8.29. The first kappa shape index (κ1) is 17.2. The van der Waals surface area contributed by atoms with Gasteiger partial charge < -0.3 is 20.1 Å². The van der Waals surface area contributed by atoms with Crippen molar-refractivity contribution < 1.29 is 19.4 Å². The lowest BCUT2D eigenvalue weighted by molar-refractivity contribution is -0.139. The summed E-state index contributed by atoms with van der Waals surface area (Å²) >= 11 is 0. The SMILES string of the molecule is CCN(CC(C)C#N)C(=O)NCC(CC(=O)O)OC. The Morgan fingerprint density at radius 3 is 2.58 bits per heavy atom. The molecule has 7 heteroatoms. The van der Waals surface area contributed by atoms with Gasteiger partial charge in [0.1, 0.15) is 0 Å². The van der Waals surface area contributed by atoms with E-state index in [0.717, 1.165) is 0 Å². The first-order chi connectivity index (χ1) is 8.94. The number of carboxylic acid groups (broad SMARTS) is 1. The van der Waals surface area contributed by atoms with Crippen LogP contribution in [-0.4, -0.2) is 54.9 Å². The van der Waals surface area contributed by atoms with Gasteiger partial charge in [-0.05, 0) is 13.8 Å². The fraction of sp³-hybridized carbons (Fsp3) is 0.750. The van der Waals surface area contributed by atoms with E-state index in [1.807, 2.05) is 6.92 Å². The van der Waals surface area contributed by atoms with Crippen molar-refractivity contribution in [2.75, 3.05) is 26.7 Å². The van der Waals surface area contributed by atoms with Crippen molar-refractivity contribution in [3.8, 4) is 6.07 Å². The number of amides is 2. The van der Waals surface area contributed by atoms with E-state index in [9.17, 15) is 9.59 Å². The topological polar surface area (TPSA) is 103 Å². The number of urea groups is 1. The number of nitrogens with one attached hydrogen (secondary N) is 1. The summed E-state index contributed by atoms with van der Waals surface area (Å²) in [7, 11) is 1.40. The van der Waals surface area contributed by atoms with Crippen molar-refractivity contribution in [2.45, 2.75) is 26.4 Å². The van der Waals surface area contributed by atoms with Gasteiger partial charge in [0, 0.05) is 26.7 Å². The molecule has 0 bridgehead atoms. The van der Waals surface area contributed by atoms with Crippen molar-refractivity contribution >= 4 is 12.0 Å². The molecular formula is C12H21N3O4. The predicted molar refractivity (Wildman–Crippen MR) is 68.5 cm³/mol. The number of hydrogen-bond donors (Lipinski definition) is 2. The van der Waals surface area contributed by atoms with Gasteiger partial charge in [-0.25, -0.2) is 4.79 Å². The van der Waals surface area contributed by atoms with Crippen LogP contribution in [0.15, 0.2) is 0 Å². The summed E-state index contributed by atoms with van der Waals surface area (Å²) in [6.45, 7) is 4.50. The number of carbonyl (C=O) groups excluding carboxylic acids is 1. The second-order valence-corrected chi connectivity index (χ2v) is 4.21. The lowest BCUT2D eigenvalue weighted by Gasteiger charge is -2.23. The molecule has 0 spiro atoms. The highest BCUT2D eigenvalue weighted by molar-refractivity contribution is 5.74. The molecule has 2 unspecified atom stereocenters. The first-order valence-electron chi connectivity index (χ1n) is 6.11. The Bertz CT molecular complexity index is 340. The molecule has 0 saturated carbocycles. The molecule has 0 fully saturated rings. The molecule has 108 valence electrons. The van der Waals surface area contributed by atoms with Crippen LogP contribution in [-0.2, 0) is 9.53 Å². The second kappa shape index (κ2) is 9.16. The number of nitrogens with zero attached hydrogens (tertiary/aromatic N) is 2. The van der Waals surface area contributed by atoms with Gasteiger partial charge in [0.2, 0.25) is 0 Å². The van der Waals surface area contributed by atoms with Gasteiger partial charge in [-0.3, -0.25) is 4.79 Å². The summed E-state index contributed by atoms with van der Waals surface area (Å²) in [4.78, 5) is 23.9. The van der Waals surface area contributed by atoms with Crippen LogP contribution >= 0.6 is 0 Å². The van der Waals surface area contributed by atoms with Crippen LogP contribution in [0, 0.1) is 17.2 Å². The summed E-state index contributed by atoms with van der Waals surface area (Å²) in [6, 6.07) is 1.74. The average molecular weight is 271 g/mol. The number of carbonyl (C=O) groups is 2. The van der Waals surface area contributed by atoms with Crippen LogP contribution < -0.4 is 5.32 Å². The maximum atomic E-state index is 11.8. The van der Waals surface area contributed by atoms with Crippen LogP contribution in [0.5, 0.6) is 0 Å². The lowest BCUT2D eigenvalue weighted by atomic mass is 10.2. The zero-order valence-electron chi connectivity index (χ0n) is 11.5. The standard InChI is InChI=1S/C12H21N3O4/c1-4-15(8-9(2)6-13)12(18)14-7-10(19-3)5-11(16)17/h9-10H,4-5,7-8H2,1-3H3,(H,14,18)(H,16,17). The smallest absolute Gasteiger partial charge is 0.317 e. The summed E-state index contributed by atoms with van der Waals surface area (Å²) in [5, 5.41) is 20.0. The van der Waals surface area contributed by atoms with Gasteiger partial charge in [-0.15, -0.1) is 0 Å². The number of nitriles is 1. The van der Waals surface area contributed by atoms with Crippen LogP contribution in [0.25, 0.3) is 0 Å². The van der Waals surface area contributed by atoms with E-state index in [2.05, 4.69) is 11.4 Å². The lowest BCUT2D eigenvalue weighted by Crippen LogP contribution is -2.45. The molecule has 2 N–H and O–H groups in total. The van der Waals surface area contributed by atoms with Crippen LogP contribution in [0.1, 0.15) is 20.3 Å². The highest BCUT2D eigenvalue weighted by atomic mass is 16.5. The fourth-order valence-electron chi connectivity index (χ4n) is 1.47. The number of rotatable bonds is 8. The van der Waals surface area contributed by atoms with E-state index >= 15 is 0 Å². The largest absolute Gasteiger partial charge is 0.481 e. The molecular weight excluding hydrogens is 250 g/mol. The van der Waals surface area contributed by atoms with Crippen LogP contribution in [0.3, 0.4) is 0 Å². The van der Waals surface area contributed by atoms with E-state index in [-0.39, 0.29) is 24.9 Å². The van der Waals surface area contributed by atoms with Gasteiger partial charge in [0.05, 0.1) is 24.5 Å². The molecule has 0 aliphatic carbocycles. The van der Waals surface area contributed by atoms with E-state index in [1.165, 1.54) is 12.0 Å². The van der Waals surface area contributed by atoms with E-state index in [4.69, 9.17) is 15.1 Å². The Morgan fingerprint density at radius 1 is 1.53 bits per heavy atom. The highest BCUT2D eigenvalue weighted by Crippen LogP contribution is 2.00. The first-order valence-corrected chi connectivity index (χ1v) is 6.11. The molecule has 0 aromatic heterocycles. The molecule has 0 aromatic rings. The second-order valence-electron chi connectivity index (χ2n) is 4.21. The van der Waals surface area contributed by atoms with Gasteiger partial charge >= 0.3 is 12.0 Å². The van der Waals surface area contributed by atoms with Crippen LogP contribution in [0.4, 0.5) is 4.79 Å². The van der Waals surface area contributed by atoms with Crippen molar-refractivity contribution in [3.63, 3.8) is 0 Å². The van der Waals surface area contributed by atoms with Crippen molar-refractivity contribution in [1.29, 1.82) is 5.26 Å². The molecule has 0 saturated heterocycles. The van der Waals surface area contributed by atoms with E-state index in [0.29, 0.717) is 13.1 Å². The molecule has 0 radical (unpaired) electrons. The van der Waals surface area contributed by atoms with Crippen molar-refractivity contribution in [3.05, 3.63) is 0 Å². The third kappa shape index (κ3) is 7.26.